The zero-order chi connectivity index (χ0) is 11.3. The fraction of sp³-hybridized carbons (Fsp3) is 0.778. The molecule has 14 heavy (non-hydrogen) atoms. The molecule has 0 saturated carbocycles. The Balaban J connectivity index is 4.01. The molecule has 0 aromatic carbocycles. The zero-order valence-electron chi connectivity index (χ0n) is 8.78. The molecule has 0 spiro atoms. The van der Waals surface area contributed by atoms with Crippen molar-refractivity contribution in [1.29, 1.82) is 0 Å². The van der Waals surface area contributed by atoms with Crippen LogP contribution in [0.25, 0.3) is 0 Å². The molecule has 0 fully saturated rings. The minimum atomic E-state index is -1.06. The van der Waals surface area contributed by atoms with Gasteiger partial charge in [-0.05, 0) is 19.3 Å². The number of carboxylic acids is 1. The first-order valence-corrected chi connectivity index (χ1v) is 4.63. The van der Waals surface area contributed by atoms with Gasteiger partial charge in [-0.25, -0.2) is 0 Å². The molecule has 0 saturated heterocycles. The van der Waals surface area contributed by atoms with Crippen LogP contribution in [0, 0.1) is 5.92 Å². The van der Waals surface area contributed by atoms with Gasteiger partial charge in [-0.2, -0.15) is 0 Å². The number of amides is 1. The number of carbonyl (C=O) groups is 2. The third-order valence-corrected chi connectivity index (χ3v) is 1.79. The molecule has 0 bridgehead atoms. The van der Waals surface area contributed by atoms with Gasteiger partial charge < -0.3 is 16.2 Å². The lowest BCUT2D eigenvalue weighted by Gasteiger charge is -2.16. The summed E-state index contributed by atoms with van der Waals surface area (Å²) in [6.07, 6.45) is 0.554. The summed E-state index contributed by atoms with van der Waals surface area (Å²) in [6, 6.07) is -1.52. The molecule has 0 aliphatic carbocycles. The Morgan fingerprint density at radius 1 is 1.36 bits per heavy atom. The van der Waals surface area contributed by atoms with E-state index in [0.717, 1.165) is 0 Å². The quantitative estimate of drug-likeness (QED) is 0.582. The molecule has 4 N–H and O–H groups in total. The molecule has 5 heteroatoms. The van der Waals surface area contributed by atoms with E-state index >= 15 is 0 Å². The average molecular weight is 202 g/mol. The minimum absolute atomic E-state index is 0.316. The van der Waals surface area contributed by atoms with Crippen LogP contribution in [0.15, 0.2) is 0 Å². The van der Waals surface area contributed by atoms with Crippen molar-refractivity contribution in [2.24, 2.45) is 11.7 Å². The van der Waals surface area contributed by atoms with Gasteiger partial charge in [0, 0.05) is 0 Å². The Kier molecular flexibility index (Phi) is 5.15. The van der Waals surface area contributed by atoms with E-state index in [-0.39, 0.29) is 0 Å². The molecule has 0 aromatic rings. The maximum Gasteiger partial charge on any atom is 0.325 e. The van der Waals surface area contributed by atoms with Crippen LogP contribution in [-0.4, -0.2) is 29.1 Å². The first kappa shape index (κ1) is 12.9. The first-order valence-electron chi connectivity index (χ1n) is 4.63. The summed E-state index contributed by atoms with van der Waals surface area (Å²) in [5, 5.41) is 10.9. The molecular weight excluding hydrogens is 184 g/mol. The predicted octanol–water partition coefficient (Wildman–Crippen LogP) is -0.0509. The van der Waals surface area contributed by atoms with E-state index < -0.39 is 24.0 Å². The Morgan fingerprint density at radius 3 is 2.21 bits per heavy atom. The van der Waals surface area contributed by atoms with Crippen LogP contribution in [0.2, 0.25) is 0 Å². The standard InChI is InChI=1S/C9H18N2O3/c1-5(2)4-7(10)8(12)11-6(3)9(13)14/h5-7H,4,10H2,1-3H3,(H,11,12)(H,13,14)/t6?,7-/m1/s1. The summed E-state index contributed by atoms with van der Waals surface area (Å²) in [5.41, 5.74) is 5.56. The number of nitrogens with two attached hydrogens (primary N) is 1. The number of hydrogen-bond donors (Lipinski definition) is 3. The van der Waals surface area contributed by atoms with Crippen molar-refractivity contribution in [1.82, 2.24) is 5.32 Å². The van der Waals surface area contributed by atoms with Gasteiger partial charge in [0.25, 0.3) is 0 Å². The molecule has 2 atom stereocenters. The van der Waals surface area contributed by atoms with Crippen molar-refractivity contribution >= 4 is 11.9 Å². The first-order chi connectivity index (χ1) is 6.34. The Bertz CT molecular complexity index is 216. The molecule has 0 aliphatic heterocycles. The Labute approximate surface area is 83.7 Å². The van der Waals surface area contributed by atoms with Crippen LogP contribution in [0.3, 0.4) is 0 Å². The van der Waals surface area contributed by atoms with Gasteiger partial charge in [0.1, 0.15) is 6.04 Å². The van der Waals surface area contributed by atoms with Crippen molar-refractivity contribution in [3.8, 4) is 0 Å². The van der Waals surface area contributed by atoms with E-state index in [9.17, 15) is 9.59 Å². The number of nitrogens with one attached hydrogen (secondary N) is 1. The van der Waals surface area contributed by atoms with E-state index in [1.54, 1.807) is 0 Å². The third kappa shape index (κ3) is 4.81. The van der Waals surface area contributed by atoms with Crippen molar-refractivity contribution in [3.05, 3.63) is 0 Å². The van der Waals surface area contributed by atoms with Crippen LogP contribution in [0.5, 0.6) is 0 Å². The van der Waals surface area contributed by atoms with Gasteiger partial charge in [0.15, 0.2) is 0 Å². The molecule has 0 radical (unpaired) electrons. The predicted molar refractivity (Wildman–Crippen MR) is 52.7 cm³/mol. The van der Waals surface area contributed by atoms with Crippen LogP contribution in [-0.2, 0) is 9.59 Å². The van der Waals surface area contributed by atoms with Crippen molar-refractivity contribution in [2.45, 2.75) is 39.3 Å². The largest absolute Gasteiger partial charge is 0.480 e. The number of carbonyl (C=O) groups excluding carboxylic acids is 1. The number of hydrogen-bond acceptors (Lipinski definition) is 3. The summed E-state index contributed by atoms with van der Waals surface area (Å²) in [5.74, 6) is -1.15. The average Bonchev–Trinajstić information content (AvgIpc) is 2.02. The summed E-state index contributed by atoms with van der Waals surface area (Å²) in [6.45, 7) is 5.31. The highest BCUT2D eigenvalue weighted by Crippen LogP contribution is 2.02. The van der Waals surface area contributed by atoms with E-state index in [1.165, 1.54) is 6.92 Å². The SMILES string of the molecule is CC(C)C[C@@H](N)C(=O)NC(C)C(=O)O. The minimum Gasteiger partial charge on any atom is -0.480 e. The van der Waals surface area contributed by atoms with Gasteiger partial charge in [0.05, 0.1) is 6.04 Å². The molecule has 0 rings (SSSR count). The monoisotopic (exact) mass is 202 g/mol. The van der Waals surface area contributed by atoms with Gasteiger partial charge in [-0.15, -0.1) is 0 Å². The Morgan fingerprint density at radius 2 is 1.86 bits per heavy atom. The third-order valence-electron chi connectivity index (χ3n) is 1.79. The van der Waals surface area contributed by atoms with Gasteiger partial charge in [0.2, 0.25) is 5.91 Å². The summed E-state index contributed by atoms with van der Waals surface area (Å²) >= 11 is 0. The van der Waals surface area contributed by atoms with Crippen LogP contribution in [0.1, 0.15) is 27.2 Å². The van der Waals surface area contributed by atoms with Crippen molar-refractivity contribution in [2.75, 3.05) is 0 Å². The van der Waals surface area contributed by atoms with E-state index in [4.69, 9.17) is 10.8 Å². The molecule has 82 valence electrons. The highest BCUT2D eigenvalue weighted by atomic mass is 16.4. The Hall–Kier alpha value is -1.10. The van der Waals surface area contributed by atoms with Crippen molar-refractivity contribution < 1.29 is 14.7 Å². The number of rotatable bonds is 5. The molecule has 1 unspecified atom stereocenters. The lowest BCUT2D eigenvalue weighted by molar-refractivity contribution is -0.141. The summed E-state index contributed by atoms with van der Waals surface area (Å²) < 4.78 is 0. The molecule has 1 amide bonds. The van der Waals surface area contributed by atoms with Gasteiger partial charge >= 0.3 is 5.97 Å². The highest BCUT2D eigenvalue weighted by Gasteiger charge is 2.19. The van der Waals surface area contributed by atoms with E-state index in [1.807, 2.05) is 13.8 Å². The zero-order valence-corrected chi connectivity index (χ0v) is 8.78. The van der Waals surface area contributed by atoms with Gasteiger partial charge in [-0.1, -0.05) is 13.8 Å². The lowest BCUT2D eigenvalue weighted by Crippen LogP contribution is -2.47. The van der Waals surface area contributed by atoms with E-state index in [2.05, 4.69) is 5.32 Å². The molecule has 0 aliphatic rings. The van der Waals surface area contributed by atoms with Crippen LogP contribution in [0.4, 0.5) is 0 Å². The van der Waals surface area contributed by atoms with Gasteiger partial charge in [-0.3, -0.25) is 9.59 Å². The highest BCUT2D eigenvalue weighted by molar-refractivity contribution is 5.86. The smallest absolute Gasteiger partial charge is 0.325 e. The molecule has 0 heterocycles. The number of carboxylic acid groups (broad SMARTS) is 1. The fourth-order valence-corrected chi connectivity index (χ4v) is 0.997. The van der Waals surface area contributed by atoms with Crippen LogP contribution >= 0.6 is 0 Å². The summed E-state index contributed by atoms with van der Waals surface area (Å²) in [7, 11) is 0. The fourth-order valence-electron chi connectivity index (χ4n) is 0.997. The topological polar surface area (TPSA) is 92.4 Å². The molecule has 5 nitrogen and oxygen atoms in total. The van der Waals surface area contributed by atoms with E-state index in [0.29, 0.717) is 12.3 Å². The normalized spacial score (nSPS) is 14.9. The molecular formula is C9H18N2O3. The van der Waals surface area contributed by atoms with Crippen LogP contribution < -0.4 is 11.1 Å². The lowest BCUT2D eigenvalue weighted by atomic mass is 10.0. The second-order valence-electron chi connectivity index (χ2n) is 3.80. The number of aliphatic carboxylic acids is 1. The maximum absolute atomic E-state index is 11.3. The maximum atomic E-state index is 11.3. The second kappa shape index (κ2) is 5.59. The second-order valence-corrected chi connectivity index (χ2v) is 3.80. The summed E-state index contributed by atoms with van der Waals surface area (Å²) in [4.78, 5) is 21.7. The van der Waals surface area contributed by atoms with Crippen molar-refractivity contribution in [3.63, 3.8) is 0 Å². The molecule has 0 aromatic heterocycles.